The molecule has 0 amide bonds. The van der Waals surface area contributed by atoms with Crippen molar-refractivity contribution in [3.05, 3.63) is 45.7 Å². The second-order valence-corrected chi connectivity index (χ2v) is 6.58. The van der Waals surface area contributed by atoms with Crippen LogP contribution >= 0.6 is 27.5 Å². The van der Waals surface area contributed by atoms with E-state index in [4.69, 9.17) is 11.6 Å². The maximum absolute atomic E-state index is 12.1. The molecule has 0 aliphatic heterocycles. The minimum Gasteiger partial charge on any atom is -0.274 e. The summed E-state index contributed by atoms with van der Waals surface area (Å²) >= 11 is 9.30. The summed E-state index contributed by atoms with van der Waals surface area (Å²) < 4.78 is 27.1. The largest absolute Gasteiger partial charge is 0.297 e. The third kappa shape index (κ3) is 3.23. The number of benzene rings is 1. The summed E-state index contributed by atoms with van der Waals surface area (Å²) in [4.78, 5) is 7.41. The van der Waals surface area contributed by atoms with Gasteiger partial charge in [0, 0.05) is 16.9 Å². The molecule has 100 valence electrons. The summed E-state index contributed by atoms with van der Waals surface area (Å²) in [5.74, 6) is 0. The topological polar surface area (TPSA) is 72.0 Å². The van der Waals surface area contributed by atoms with Crippen molar-refractivity contribution in [1.82, 2.24) is 9.97 Å². The van der Waals surface area contributed by atoms with E-state index >= 15 is 0 Å². The molecule has 1 aromatic heterocycles. The number of aromatic nitrogens is 2. The molecule has 0 atom stereocenters. The summed E-state index contributed by atoms with van der Waals surface area (Å²) in [6.07, 6.45) is 2.71. The van der Waals surface area contributed by atoms with Gasteiger partial charge in [-0.3, -0.25) is 4.72 Å². The van der Waals surface area contributed by atoms with Crippen LogP contribution in [0.25, 0.3) is 0 Å². The number of hydrogen-bond donors (Lipinski definition) is 1. The number of sulfonamides is 1. The zero-order valence-corrected chi connectivity index (χ0v) is 12.9. The maximum atomic E-state index is 12.1. The SMILES string of the molecule is Cc1cc(Cl)c(NS(=O)(=O)c2ncccn2)c(Br)c1. The lowest BCUT2D eigenvalue weighted by molar-refractivity contribution is 0.592. The second kappa shape index (κ2) is 5.44. The normalized spacial score (nSPS) is 11.3. The van der Waals surface area contributed by atoms with E-state index < -0.39 is 10.0 Å². The van der Waals surface area contributed by atoms with Gasteiger partial charge in [-0.15, -0.1) is 0 Å². The Morgan fingerprint density at radius 3 is 2.47 bits per heavy atom. The van der Waals surface area contributed by atoms with Crippen molar-refractivity contribution < 1.29 is 8.42 Å². The first-order chi connectivity index (χ1) is 8.90. The third-order valence-electron chi connectivity index (χ3n) is 2.21. The molecular formula is C11H9BrClN3O2S. The van der Waals surface area contributed by atoms with E-state index in [1.54, 1.807) is 12.1 Å². The summed E-state index contributed by atoms with van der Waals surface area (Å²) in [5, 5.41) is -0.00933. The number of nitrogens with zero attached hydrogens (tertiary/aromatic N) is 2. The Morgan fingerprint density at radius 2 is 1.89 bits per heavy atom. The number of halogens is 2. The van der Waals surface area contributed by atoms with Gasteiger partial charge in [0.15, 0.2) is 0 Å². The lowest BCUT2D eigenvalue weighted by Gasteiger charge is -2.11. The van der Waals surface area contributed by atoms with E-state index in [1.165, 1.54) is 18.5 Å². The lowest BCUT2D eigenvalue weighted by Crippen LogP contribution is -2.16. The Morgan fingerprint density at radius 1 is 1.26 bits per heavy atom. The number of rotatable bonds is 3. The molecule has 19 heavy (non-hydrogen) atoms. The smallest absolute Gasteiger partial charge is 0.274 e. The Balaban J connectivity index is 2.42. The first kappa shape index (κ1) is 14.2. The van der Waals surface area contributed by atoms with E-state index in [0.717, 1.165) is 5.56 Å². The third-order valence-corrected chi connectivity index (χ3v) is 4.29. The maximum Gasteiger partial charge on any atom is 0.297 e. The first-order valence-electron chi connectivity index (χ1n) is 5.15. The Hall–Kier alpha value is -1.18. The van der Waals surface area contributed by atoms with Crippen LogP contribution in [0.1, 0.15) is 5.56 Å². The molecule has 0 saturated carbocycles. The molecule has 0 bridgehead atoms. The molecule has 8 heteroatoms. The molecule has 1 N–H and O–H groups in total. The summed E-state index contributed by atoms with van der Waals surface area (Å²) in [7, 11) is -3.86. The van der Waals surface area contributed by atoms with Crippen molar-refractivity contribution in [2.45, 2.75) is 12.1 Å². The van der Waals surface area contributed by atoms with E-state index in [-0.39, 0.29) is 10.8 Å². The number of nitrogens with one attached hydrogen (secondary N) is 1. The molecule has 1 heterocycles. The highest BCUT2D eigenvalue weighted by Gasteiger charge is 2.20. The highest BCUT2D eigenvalue weighted by atomic mass is 79.9. The van der Waals surface area contributed by atoms with Crippen molar-refractivity contribution in [3.63, 3.8) is 0 Å². The standard InChI is InChI=1S/C11H9BrClN3O2S/c1-7-5-8(12)10(9(13)6-7)16-19(17,18)11-14-3-2-4-15-11/h2-6,16H,1H3. The van der Waals surface area contributed by atoms with Gasteiger partial charge in [0.25, 0.3) is 15.2 Å². The van der Waals surface area contributed by atoms with Gasteiger partial charge in [-0.2, -0.15) is 8.42 Å². The summed E-state index contributed by atoms with van der Waals surface area (Å²) in [6, 6.07) is 4.96. The average molecular weight is 363 g/mol. The molecule has 1 aromatic carbocycles. The minimum atomic E-state index is -3.86. The van der Waals surface area contributed by atoms with Crippen molar-refractivity contribution >= 4 is 43.2 Å². The zero-order chi connectivity index (χ0) is 14.0. The molecule has 0 spiro atoms. The fourth-order valence-electron chi connectivity index (χ4n) is 1.40. The van der Waals surface area contributed by atoms with Gasteiger partial charge in [-0.05, 0) is 46.6 Å². The Labute approximate surface area is 124 Å². The quantitative estimate of drug-likeness (QED) is 0.852. The van der Waals surface area contributed by atoms with Crippen LogP contribution in [-0.2, 0) is 10.0 Å². The van der Waals surface area contributed by atoms with Crippen molar-refractivity contribution in [1.29, 1.82) is 0 Å². The minimum absolute atomic E-state index is 0.264. The van der Waals surface area contributed by atoms with Gasteiger partial charge in [0.2, 0.25) is 0 Å². The highest BCUT2D eigenvalue weighted by molar-refractivity contribution is 9.10. The molecule has 0 fully saturated rings. The van der Waals surface area contributed by atoms with Crippen LogP contribution in [0.15, 0.2) is 40.2 Å². The van der Waals surface area contributed by atoms with E-state index in [2.05, 4.69) is 30.6 Å². The van der Waals surface area contributed by atoms with E-state index in [9.17, 15) is 8.42 Å². The van der Waals surface area contributed by atoms with Gasteiger partial charge in [0.1, 0.15) is 0 Å². The van der Waals surface area contributed by atoms with Gasteiger partial charge < -0.3 is 0 Å². The highest BCUT2D eigenvalue weighted by Crippen LogP contribution is 2.33. The predicted octanol–water partition coefficient (Wildman–Crippen LogP) is 3.00. The van der Waals surface area contributed by atoms with E-state index in [1.807, 2.05) is 6.92 Å². The van der Waals surface area contributed by atoms with Crippen LogP contribution in [0, 0.1) is 6.92 Å². The van der Waals surface area contributed by atoms with Crippen LogP contribution in [0.2, 0.25) is 5.02 Å². The van der Waals surface area contributed by atoms with Crippen molar-refractivity contribution in [3.8, 4) is 0 Å². The van der Waals surface area contributed by atoms with Crippen molar-refractivity contribution in [2.75, 3.05) is 4.72 Å². The van der Waals surface area contributed by atoms with Crippen LogP contribution in [-0.4, -0.2) is 18.4 Å². The van der Waals surface area contributed by atoms with Crippen molar-refractivity contribution in [2.24, 2.45) is 0 Å². The Kier molecular flexibility index (Phi) is 4.07. The Bertz CT molecular complexity index is 684. The van der Waals surface area contributed by atoms with Gasteiger partial charge in [-0.1, -0.05) is 11.6 Å². The van der Waals surface area contributed by atoms with Gasteiger partial charge >= 0.3 is 0 Å². The fourth-order valence-corrected chi connectivity index (χ4v) is 3.68. The number of aryl methyl sites for hydroxylation is 1. The lowest BCUT2D eigenvalue weighted by atomic mass is 10.2. The molecule has 0 radical (unpaired) electrons. The van der Waals surface area contributed by atoms with Crippen LogP contribution in [0.4, 0.5) is 5.69 Å². The molecule has 2 aromatic rings. The monoisotopic (exact) mass is 361 g/mol. The molecule has 0 unspecified atom stereocenters. The predicted molar refractivity (Wildman–Crippen MR) is 76.7 cm³/mol. The first-order valence-corrected chi connectivity index (χ1v) is 7.81. The molecule has 0 saturated heterocycles. The van der Waals surface area contributed by atoms with Gasteiger partial charge in [-0.25, -0.2) is 9.97 Å². The average Bonchev–Trinajstić information content (AvgIpc) is 2.35. The summed E-state index contributed by atoms with van der Waals surface area (Å²) in [6.45, 7) is 1.86. The second-order valence-electron chi connectivity index (χ2n) is 3.74. The molecule has 0 aliphatic carbocycles. The molecule has 0 aliphatic rings. The van der Waals surface area contributed by atoms with Crippen LogP contribution in [0.5, 0.6) is 0 Å². The van der Waals surface area contributed by atoms with Crippen LogP contribution in [0.3, 0.4) is 0 Å². The number of hydrogen-bond acceptors (Lipinski definition) is 4. The molecular weight excluding hydrogens is 354 g/mol. The molecule has 2 rings (SSSR count). The van der Waals surface area contributed by atoms with Crippen LogP contribution < -0.4 is 4.72 Å². The number of anilines is 1. The van der Waals surface area contributed by atoms with E-state index in [0.29, 0.717) is 9.50 Å². The zero-order valence-electron chi connectivity index (χ0n) is 9.76. The fraction of sp³-hybridized carbons (Fsp3) is 0.0909. The molecule has 5 nitrogen and oxygen atoms in total. The van der Waals surface area contributed by atoms with Gasteiger partial charge in [0.05, 0.1) is 10.7 Å². The summed E-state index contributed by atoms with van der Waals surface area (Å²) in [5.41, 5.74) is 1.18.